The summed E-state index contributed by atoms with van der Waals surface area (Å²) in [5.74, 6) is -0.0385. The number of benzene rings is 2. The second kappa shape index (κ2) is 7.60. The van der Waals surface area contributed by atoms with Crippen molar-refractivity contribution in [3.8, 4) is 5.69 Å². The van der Waals surface area contributed by atoms with E-state index in [0.29, 0.717) is 19.3 Å². The molecular formula is C23H25N3O2. The van der Waals surface area contributed by atoms with E-state index in [0.717, 1.165) is 33.8 Å². The number of nitrogens with zero attached hydrogens (tertiary/aromatic N) is 2. The third-order valence-corrected chi connectivity index (χ3v) is 5.35. The van der Waals surface area contributed by atoms with Gasteiger partial charge in [0.15, 0.2) is 0 Å². The summed E-state index contributed by atoms with van der Waals surface area (Å²) in [6, 6.07) is 17.8. The largest absolute Gasteiger partial charge is 0.390 e. The van der Waals surface area contributed by atoms with Crippen molar-refractivity contribution in [3.63, 3.8) is 0 Å². The Morgan fingerprint density at radius 2 is 1.93 bits per heavy atom. The van der Waals surface area contributed by atoms with Gasteiger partial charge >= 0.3 is 0 Å². The van der Waals surface area contributed by atoms with Gasteiger partial charge in [0.2, 0.25) is 5.91 Å². The van der Waals surface area contributed by atoms with Crippen molar-refractivity contribution in [2.45, 2.75) is 45.3 Å². The van der Waals surface area contributed by atoms with E-state index in [1.807, 2.05) is 73.1 Å². The number of fused-ring (bicyclic) bond motifs is 1. The molecule has 0 radical (unpaired) electrons. The van der Waals surface area contributed by atoms with Crippen LogP contribution in [0.15, 0.2) is 54.6 Å². The monoisotopic (exact) mass is 375 g/mol. The van der Waals surface area contributed by atoms with Crippen LogP contribution in [-0.4, -0.2) is 26.9 Å². The van der Waals surface area contributed by atoms with Gasteiger partial charge in [-0.1, -0.05) is 36.4 Å². The van der Waals surface area contributed by atoms with Gasteiger partial charge < -0.3 is 10.4 Å². The first kappa shape index (κ1) is 18.4. The Morgan fingerprint density at radius 1 is 1.18 bits per heavy atom. The summed E-state index contributed by atoms with van der Waals surface area (Å²) in [4.78, 5) is 12.4. The molecule has 0 saturated carbocycles. The highest BCUT2D eigenvalue weighted by Gasteiger charge is 2.31. The van der Waals surface area contributed by atoms with Gasteiger partial charge in [-0.3, -0.25) is 4.79 Å². The molecule has 0 bridgehead atoms. The first-order valence-corrected chi connectivity index (χ1v) is 9.69. The minimum absolute atomic E-state index is 0.0385. The summed E-state index contributed by atoms with van der Waals surface area (Å²) < 4.78 is 1.92. The van der Waals surface area contributed by atoms with Crippen LogP contribution in [0, 0.1) is 13.8 Å². The molecule has 5 heteroatoms. The molecule has 0 fully saturated rings. The molecule has 0 spiro atoms. The Bertz CT molecular complexity index is 991. The molecule has 1 aliphatic carbocycles. The van der Waals surface area contributed by atoms with E-state index in [1.54, 1.807) is 0 Å². The fourth-order valence-electron chi connectivity index (χ4n) is 3.95. The summed E-state index contributed by atoms with van der Waals surface area (Å²) in [5, 5.41) is 17.8. The maximum atomic E-state index is 12.4. The maximum absolute atomic E-state index is 12.4. The minimum Gasteiger partial charge on any atom is -0.390 e. The lowest BCUT2D eigenvalue weighted by atomic mass is 10.1. The fourth-order valence-corrected chi connectivity index (χ4v) is 3.95. The van der Waals surface area contributed by atoms with Gasteiger partial charge in [-0.25, -0.2) is 4.68 Å². The Hall–Kier alpha value is -2.92. The first-order valence-electron chi connectivity index (χ1n) is 9.69. The number of aliphatic hydroxyl groups excluding tert-OH is 1. The lowest BCUT2D eigenvalue weighted by Crippen LogP contribution is -2.33. The van der Waals surface area contributed by atoms with Crippen LogP contribution in [0.1, 0.15) is 40.5 Å². The van der Waals surface area contributed by atoms with E-state index in [1.165, 1.54) is 0 Å². The van der Waals surface area contributed by atoms with Gasteiger partial charge in [-0.15, -0.1) is 0 Å². The van der Waals surface area contributed by atoms with Crippen LogP contribution < -0.4 is 5.32 Å². The Balaban J connectivity index is 1.36. The van der Waals surface area contributed by atoms with E-state index in [2.05, 4.69) is 10.4 Å². The van der Waals surface area contributed by atoms with E-state index < -0.39 is 6.10 Å². The number of hydrogen-bond donors (Lipinski definition) is 2. The SMILES string of the molecule is Cc1cc(C)n(-c2ccc(CCC(=O)NC3c4ccccc4CC3O)cc2)n1. The number of carbonyl (C=O) groups is 1. The zero-order valence-corrected chi connectivity index (χ0v) is 16.2. The van der Waals surface area contributed by atoms with Crippen LogP contribution in [-0.2, 0) is 17.6 Å². The maximum Gasteiger partial charge on any atom is 0.220 e. The average molecular weight is 375 g/mol. The highest BCUT2D eigenvalue weighted by Crippen LogP contribution is 2.31. The molecule has 2 N–H and O–H groups in total. The Labute approximate surface area is 165 Å². The molecule has 0 aliphatic heterocycles. The highest BCUT2D eigenvalue weighted by molar-refractivity contribution is 5.77. The number of aromatic nitrogens is 2. The second-order valence-electron chi connectivity index (χ2n) is 7.52. The second-order valence-corrected chi connectivity index (χ2v) is 7.52. The fraction of sp³-hybridized carbons (Fsp3) is 0.304. The number of nitrogens with one attached hydrogen (secondary N) is 1. The molecular weight excluding hydrogens is 350 g/mol. The van der Waals surface area contributed by atoms with Crippen LogP contribution in [0.2, 0.25) is 0 Å². The molecule has 28 heavy (non-hydrogen) atoms. The Kier molecular flexibility index (Phi) is 5.01. The van der Waals surface area contributed by atoms with Crippen LogP contribution in [0.4, 0.5) is 0 Å². The standard InChI is InChI=1S/C23H25N3O2/c1-15-13-16(2)26(25-15)19-10-7-17(8-11-19)9-12-22(28)24-23-20-6-4-3-5-18(20)14-21(23)27/h3-8,10-11,13,21,23,27H,9,12,14H2,1-2H3,(H,24,28). The third kappa shape index (κ3) is 3.71. The number of carbonyl (C=O) groups excluding carboxylic acids is 1. The molecule has 5 nitrogen and oxygen atoms in total. The highest BCUT2D eigenvalue weighted by atomic mass is 16.3. The van der Waals surface area contributed by atoms with Crippen LogP contribution in [0.25, 0.3) is 5.69 Å². The predicted molar refractivity (Wildman–Crippen MR) is 108 cm³/mol. The molecule has 144 valence electrons. The smallest absolute Gasteiger partial charge is 0.220 e. The molecule has 1 amide bonds. The molecule has 1 aliphatic rings. The van der Waals surface area contributed by atoms with Crippen LogP contribution in [0.3, 0.4) is 0 Å². The molecule has 0 saturated heterocycles. The molecule has 2 atom stereocenters. The predicted octanol–water partition coefficient (Wildman–Crippen LogP) is 3.20. The zero-order valence-electron chi connectivity index (χ0n) is 16.2. The lowest BCUT2D eigenvalue weighted by Gasteiger charge is -2.18. The number of aryl methyl sites for hydroxylation is 3. The molecule has 3 aromatic rings. The first-order chi connectivity index (χ1) is 13.5. The summed E-state index contributed by atoms with van der Waals surface area (Å²) in [6.45, 7) is 4.02. The van der Waals surface area contributed by atoms with Gasteiger partial charge in [0.25, 0.3) is 0 Å². The van der Waals surface area contributed by atoms with Crippen molar-refractivity contribution in [2.75, 3.05) is 0 Å². The summed E-state index contributed by atoms with van der Waals surface area (Å²) in [6.07, 6.45) is 1.09. The van der Waals surface area contributed by atoms with Crippen molar-refractivity contribution < 1.29 is 9.90 Å². The normalized spacial score (nSPS) is 18.1. The van der Waals surface area contributed by atoms with Gasteiger partial charge in [-0.2, -0.15) is 5.10 Å². The lowest BCUT2D eigenvalue weighted by molar-refractivity contribution is -0.122. The van der Waals surface area contributed by atoms with Crippen LogP contribution in [0.5, 0.6) is 0 Å². The van der Waals surface area contributed by atoms with Crippen molar-refractivity contribution in [2.24, 2.45) is 0 Å². The topological polar surface area (TPSA) is 67.2 Å². The minimum atomic E-state index is -0.554. The van der Waals surface area contributed by atoms with E-state index in [4.69, 9.17) is 0 Å². The van der Waals surface area contributed by atoms with E-state index >= 15 is 0 Å². The number of aliphatic hydroxyl groups is 1. The molecule has 4 rings (SSSR count). The van der Waals surface area contributed by atoms with Crippen molar-refractivity contribution in [1.82, 2.24) is 15.1 Å². The number of rotatable bonds is 5. The molecule has 2 aromatic carbocycles. The van der Waals surface area contributed by atoms with Crippen molar-refractivity contribution >= 4 is 5.91 Å². The van der Waals surface area contributed by atoms with Crippen molar-refractivity contribution in [3.05, 3.63) is 82.7 Å². The quantitative estimate of drug-likeness (QED) is 0.720. The summed E-state index contributed by atoms with van der Waals surface area (Å²) >= 11 is 0. The van der Waals surface area contributed by atoms with E-state index in [-0.39, 0.29) is 11.9 Å². The van der Waals surface area contributed by atoms with Crippen LogP contribution >= 0.6 is 0 Å². The summed E-state index contributed by atoms with van der Waals surface area (Å²) in [7, 11) is 0. The molecule has 1 aromatic heterocycles. The zero-order chi connectivity index (χ0) is 19.7. The van der Waals surface area contributed by atoms with Gasteiger partial charge in [0.05, 0.1) is 23.5 Å². The molecule has 2 unspecified atom stereocenters. The van der Waals surface area contributed by atoms with Gasteiger partial charge in [0, 0.05) is 18.5 Å². The number of hydrogen-bond acceptors (Lipinski definition) is 3. The van der Waals surface area contributed by atoms with Crippen molar-refractivity contribution in [1.29, 1.82) is 0 Å². The summed E-state index contributed by atoms with van der Waals surface area (Å²) in [5.41, 5.74) is 6.35. The Morgan fingerprint density at radius 3 is 2.64 bits per heavy atom. The average Bonchev–Trinajstić information content (AvgIpc) is 3.19. The molecule has 1 heterocycles. The van der Waals surface area contributed by atoms with Gasteiger partial charge in [0.1, 0.15) is 0 Å². The van der Waals surface area contributed by atoms with E-state index in [9.17, 15) is 9.90 Å². The van der Waals surface area contributed by atoms with Gasteiger partial charge in [-0.05, 0) is 55.2 Å². The third-order valence-electron chi connectivity index (χ3n) is 5.35. The number of amides is 1.